The largest absolute Gasteiger partial charge is 0.394 e. The number of nitrogens with one attached hydrogen (secondary N) is 1. The Bertz CT molecular complexity index is 338. The molecule has 1 fully saturated rings. The number of rotatable bonds is 3. The number of halogens is 1. The second kappa shape index (κ2) is 5.24. The van der Waals surface area contributed by atoms with Crippen LogP contribution in [0.1, 0.15) is 12.8 Å². The number of aromatic nitrogens is 2. The van der Waals surface area contributed by atoms with Gasteiger partial charge in [-0.25, -0.2) is 9.97 Å². The second-order valence-corrected chi connectivity index (χ2v) is 5.15. The molecule has 0 atom stereocenters. The quantitative estimate of drug-likeness (QED) is 0.808. The van der Waals surface area contributed by atoms with Crippen molar-refractivity contribution in [2.45, 2.75) is 18.4 Å². The van der Waals surface area contributed by atoms with Crippen molar-refractivity contribution in [2.24, 2.45) is 0 Å². The fourth-order valence-corrected chi connectivity index (χ4v) is 1.98. The van der Waals surface area contributed by atoms with Crippen molar-refractivity contribution in [1.29, 1.82) is 0 Å². The van der Waals surface area contributed by atoms with E-state index in [1.54, 1.807) is 12.4 Å². The van der Waals surface area contributed by atoms with Crippen LogP contribution in [-0.2, 0) is 4.74 Å². The van der Waals surface area contributed by atoms with E-state index < -0.39 is 0 Å². The first-order chi connectivity index (χ1) is 7.74. The molecule has 0 radical (unpaired) electrons. The smallest absolute Gasteiger partial charge is 0.223 e. The van der Waals surface area contributed by atoms with E-state index in [4.69, 9.17) is 4.74 Å². The highest BCUT2D eigenvalue weighted by Gasteiger charge is 2.32. The zero-order chi connectivity index (χ0) is 11.4. The van der Waals surface area contributed by atoms with E-state index in [0.717, 1.165) is 16.4 Å². The number of nitrogens with zero attached hydrogens (tertiary/aromatic N) is 2. The molecule has 2 rings (SSSR count). The lowest BCUT2D eigenvalue weighted by Gasteiger charge is -2.36. The maximum absolute atomic E-state index is 9.48. The van der Waals surface area contributed by atoms with Gasteiger partial charge < -0.3 is 15.2 Å². The van der Waals surface area contributed by atoms with E-state index in [0.29, 0.717) is 19.2 Å². The van der Waals surface area contributed by atoms with Crippen LogP contribution in [0.25, 0.3) is 0 Å². The van der Waals surface area contributed by atoms with Gasteiger partial charge in [0.05, 0.1) is 12.1 Å². The molecule has 0 amide bonds. The molecule has 1 saturated heterocycles. The van der Waals surface area contributed by atoms with Gasteiger partial charge in [-0.1, -0.05) is 0 Å². The zero-order valence-electron chi connectivity index (χ0n) is 8.82. The molecule has 0 spiro atoms. The van der Waals surface area contributed by atoms with E-state index in [1.807, 2.05) is 0 Å². The van der Waals surface area contributed by atoms with Crippen molar-refractivity contribution in [3.63, 3.8) is 0 Å². The summed E-state index contributed by atoms with van der Waals surface area (Å²) in [5.74, 6) is 0.566. The number of aliphatic hydroxyl groups excluding tert-OH is 1. The van der Waals surface area contributed by atoms with E-state index >= 15 is 0 Å². The predicted molar refractivity (Wildman–Crippen MR) is 68.2 cm³/mol. The molecule has 1 aliphatic heterocycles. The lowest BCUT2D eigenvalue weighted by atomic mass is 9.91. The number of hydrogen-bond donors (Lipinski definition) is 2. The SMILES string of the molecule is OCC1(Nc2ncc(I)cn2)CCOCC1. The molecule has 0 saturated carbocycles. The Labute approximate surface area is 108 Å². The van der Waals surface area contributed by atoms with Crippen LogP contribution in [0.15, 0.2) is 12.4 Å². The summed E-state index contributed by atoms with van der Waals surface area (Å²) in [5, 5.41) is 12.7. The zero-order valence-corrected chi connectivity index (χ0v) is 11.0. The van der Waals surface area contributed by atoms with Gasteiger partial charge in [0.15, 0.2) is 0 Å². The Morgan fingerprint density at radius 2 is 2.00 bits per heavy atom. The minimum Gasteiger partial charge on any atom is -0.394 e. The van der Waals surface area contributed by atoms with Crippen LogP contribution < -0.4 is 5.32 Å². The number of hydrogen-bond acceptors (Lipinski definition) is 5. The van der Waals surface area contributed by atoms with Gasteiger partial charge >= 0.3 is 0 Å². The molecule has 0 unspecified atom stereocenters. The van der Waals surface area contributed by atoms with Gasteiger partial charge in [0.25, 0.3) is 0 Å². The van der Waals surface area contributed by atoms with Crippen LogP contribution in [0.5, 0.6) is 0 Å². The second-order valence-electron chi connectivity index (χ2n) is 3.90. The first-order valence-corrected chi connectivity index (χ1v) is 6.26. The normalized spacial score (nSPS) is 19.4. The average molecular weight is 335 g/mol. The van der Waals surface area contributed by atoms with E-state index in [9.17, 15) is 5.11 Å². The summed E-state index contributed by atoms with van der Waals surface area (Å²) in [6, 6.07) is 0. The molecule has 1 aromatic heterocycles. The summed E-state index contributed by atoms with van der Waals surface area (Å²) in [4.78, 5) is 8.37. The third-order valence-corrected chi connectivity index (χ3v) is 3.31. The van der Waals surface area contributed by atoms with Crippen molar-refractivity contribution in [2.75, 3.05) is 25.1 Å². The highest BCUT2D eigenvalue weighted by atomic mass is 127. The fraction of sp³-hybridized carbons (Fsp3) is 0.600. The van der Waals surface area contributed by atoms with Gasteiger partial charge in [0.2, 0.25) is 5.95 Å². The van der Waals surface area contributed by atoms with Crippen LogP contribution in [0.4, 0.5) is 5.95 Å². The van der Waals surface area contributed by atoms with Crippen LogP contribution in [0, 0.1) is 3.57 Å². The predicted octanol–water partition coefficient (Wildman–Crippen LogP) is 1.03. The minimum atomic E-state index is -0.328. The average Bonchev–Trinajstić information content (AvgIpc) is 2.33. The fourth-order valence-electron chi connectivity index (χ4n) is 1.70. The maximum Gasteiger partial charge on any atom is 0.223 e. The van der Waals surface area contributed by atoms with Gasteiger partial charge in [0, 0.05) is 29.2 Å². The van der Waals surface area contributed by atoms with E-state index in [1.165, 1.54) is 0 Å². The summed E-state index contributed by atoms with van der Waals surface area (Å²) >= 11 is 2.16. The summed E-state index contributed by atoms with van der Waals surface area (Å²) < 4.78 is 6.28. The molecular formula is C10H14IN3O2. The Hall–Kier alpha value is -0.470. The molecule has 0 bridgehead atoms. The van der Waals surface area contributed by atoms with Crippen molar-refractivity contribution in [3.8, 4) is 0 Å². The summed E-state index contributed by atoms with van der Waals surface area (Å²) in [5.41, 5.74) is -0.328. The molecule has 1 aromatic rings. The Morgan fingerprint density at radius 3 is 2.56 bits per heavy atom. The molecule has 16 heavy (non-hydrogen) atoms. The van der Waals surface area contributed by atoms with E-state index in [-0.39, 0.29) is 12.1 Å². The number of ether oxygens (including phenoxy) is 1. The Morgan fingerprint density at radius 1 is 1.38 bits per heavy atom. The Kier molecular flexibility index (Phi) is 3.93. The van der Waals surface area contributed by atoms with Gasteiger partial charge in [0.1, 0.15) is 0 Å². The van der Waals surface area contributed by atoms with Gasteiger partial charge in [-0.3, -0.25) is 0 Å². The summed E-state index contributed by atoms with van der Waals surface area (Å²) in [6.45, 7) is 1.40. The van der Waals surface area contributed by atoms with E-state index in [2.05, 4.69) is 37.9 Å². The van der Waals surface area contributed by atoms with Crippen LogP contribution in [-0.4, -0.2) is 40.4 Å². The van der Waals surface area contributed by atoms with Crippen LogP contribution in [0.3, 0.4) is 0 Å². The monoisotopic (exact) mass is 335 g/mol. The third-order valence-electron chi connectivity index (χ3n) is 2.75. The van der Waals surface area contributed by atoms with Gasteiger partial charge in [-0.05, 0) is 35.4 Å². The minimum absolute atomic E-state index is 0.0751. The van der Waals surface area contributed by atoms with Gasteiger partial charge in [-0.15, -0.1) is 0 Å². The molecule has 2 N–H and O–H groups in total. The Balaban J connectivity index is 2.08. The first-order valence-electron chi connectivity index (χ1n) is 5.18. The molecule has 1 aliphatic rings. The molecule has 2 heterocycles. The highest BCUT2D eigenvalue weighted by molar-refractivity contribution is 14.1. The molecule has 0 aliphatic carbocycles. The lowest BCUT2D eigenvalue weighted by Crippen LogP contribution is -2.47. The lowest BCUT2D eigenvalue weighted by molar-refractivity contribution is 0.0377. The first kappa shape index (κ1) is 12.0. The molecule has 5 nitrogen and oxygen atoms in total. The van der Waals surface area contributed by atoms with Crippen molar-refractivity contribution < 1.29 is 9.84 Å². The summed E-state index contributed by atoms with van der Waals surface area (Å²) in [6.07, 6.45) is 5.05. The van der Waals surface area contributed by atoms with Crippen molar-refractivity contribution in [3.05, 3.63) is 16.0 Å². The molecule has 0 aromatic carbocycles. The van der Waals surface area contributed by atoms with Gasteiger partial charge in [-0.2, -0.15) is 0 Å². The maximum atomic E-state index is 9.48. The summed E-state index contributed by atoms with van der Waals surface area (Å²) in [7, 11) is 0. The topological polar surface area (TPSA) is 67.3 Å². The standard InChI is InChI=1S/C10H14IN3O2/c11-8-5-12-9(13-6-8)14-10(7-15)1-3-16-4-2-10/h5-6,15H,1-4,7H2,(H,12,13,14). The number of aliphatic hydroxyl groups is 1. The number of anilines is 1. The molecule has 88 valence electrons. The molecular weight excluding hydrogens is 321 g/mol. The van der Waals surface area contributed by atoms with Crippen LogP contribution >= 0.6 is 22.6 Å². The molecule has 6 heteroatoms. The third kappa shape index (κ3) is 2.80. The highest BCUT2D eigenvalue weighted by Crippen LogP contribution is 2.23. The van der Waals surface area contributed by atoms with Crippen molar-refractivity contribution in [1.82, 2.24) is 9.97 Å². The van der Waals surface area contributed by atoms with Crippen LogP contribution in [0.2, 0.25) is 0 Å². The van der Waals surface area contributed by atoms with Crippen molar-refractivity contribution >= 4 is 28.5 Å².